The third-order valence-electron chi connectivity index (χ3n) is 3.97. The van der Waals surface area contributed by atoms with Crippen molar-refractivity contribution >= 4 is 33.6 Å². The lowest BCUT2D eigenvalue weighted by molar-refractivity contribution is -0.142. The van der Waals surface area contributed by atoms with Crippen LogP contribution in [0.1, 0.15) is 70.6 Å². The minimum atomic E-state index is -0.570. The van der Waals surface area contributed by atoms with Gasteiger partial charge in [0.1, 0.15) is 11.8 Å². The molecule has 23 heavy (non-hydrogen) atoms. The number of Topliss-reactive ketones (excluding diaryl/α,β-unsaturated/α-hetero) is 1. The zero-order valence-electron chi connectivity index (χ0n) is 13.8. The number of alkyl halides is 1. The van der Waals surface area contributed by atoms with E-state index in [4.69, 9.17) is 4.74 Å². The first-order chi connectivity index (χ1) is 11.1. The number of amides is 1. The van der Waals surface area contributed by atoms with Crippen molar-refractivity contribution in [2.45, 2.75) is 76.7 Å². The van der Waals surface area contributed by atoms with Gasteiger partial charge in [-0.3, -0.25) is 9.59 Å². The van der Waals surface area contributed by atoms with Crippen LogP contribution in [0.15, 0.2) is 0 Å². The third-order valence-corrected chi connectivity index (χ3v) is 4.53. The Morgan fingerprint density at radius 3 is 2.22 bits per heavy atom. The van der Waals surface area contributed by atoms with Crippen molar-refractivity contribution in [3.8, 4) is 0 Å². The van der Waals surface area contributed by atoms with Crippen LogP contribution in [0.3, 0.4) is 0 Å². The average Bonchev–Trinajstić information content (AvgIpc) is 2.90. The largest absolute Gasteiger partial charge is 0.464 e. The second-order valence-electron chi connectivity index (χ2n) is 6.06. The minimum Gasteiger partial charge on any atom is -0.464 e. The monoisotopic (exact) mass is 389 g/mol. The number of rotatable bonds is 13. The molecule has 0 unspecified atom stereocenters. The van der Waals surface area contributed by atoms with Crippen LogP contribution in [-0.2, 0) is 19.1 Å². The zero-order valence-corrected chi connectivity index (χ0v) is 15.4. The van der Waals surface area contributed by atoms with Gasteiger partial charge in [0.25, 0.3) is 0 Å². The topological polar surface area (TPSA) is 72.5 Å². The van der Waals surface area contributed by atoms with Crippen LogP contribution in [-0.4, -0.2) is 35.6 Å². The first-order valence-corrected chi connectivity index (χ1v) is 9.79. The molecule has 0 spiro atoms. The number of hydrogen-bond acceptors (Lipinski definition) is 4. The molecule has 1 amide bonds. The predicted octanol–water partition coefficient (Wildman–Crippen LogP) is 3.28. The maximum atomic E-state index is 11.7. The molecular weight excluding hydrogens is 362 g/mol. The van der Waals surface area contributed by atoms with Crippen molar-refractivity contribution in [2.24, 2.45) is 0 Å². The van der Waals surface area contributed by atoms with Crippen LogP contribution < -0.4 is 5.32 Å². The lowest BCUT2D eigenvalue weighted by atomic mass is 10.0. The van der Waals surface area contributed by atoms with Gasteiger partial charge < -0.3 is 10.1 Å². The summed E-state index contributed by atoms with van der Waals surface area (Å²) in [7, 11) is 0. The van der Waals surface area contributed by atoms with E-state index in [0.717, 1.165) is 24.6 Å². The molecule has 1 saturated heterocycles. The first kappa shape index (κ1) is 20.1. The molecule has 5 nitrogen and oxygen atoms in total. The molecule has 1 atom stereocenters. The van der Waals surface area contributed by atoms with Crippen LogP contribution in [0.4, 0.5) is 0 Å². The van der Waals surface area contributed by atoms with E-state index in [0.29, 0.717) is 19.4 Å². The Labute approximate surface area is 147 Å². The fourth-order valence-electron chi connectivity index (χ4n) is 2.62. The van der Waals surface area contributed by atoms with Gasteiger partial charge in [-0.05, 0) is 12.8 Å². The number of nitrogens with one attached hydrogen (secondary N) is 1. The van der Waals surface area contributed by atoms with Crippen molar-refractivity contribution < 1.29 is 19.1 Å². The van der Waals surface area contributed by atoms with Crippen molar-refractivity contribution in [3.63, 3.8) is 0 Å². The second-order valence-corrected chi connectivity index (χ2v) is 6.85. The summed E-state index contributed by atoms with van der Waals surface area (Å²) in [4.78, 5) is 34.6. The normalized spacial score (nSPS) is 17.1. The first-order valence-electron chi connectivity index (χ1n) is 8.67. The predicted molar refractivity (Wildman–Crippen MR) is 92.5 cm³/mol. The molecule has 6 heteroatoms. The third kappa shape index (κ3) is 9.74. The summed E-state index contributed by atoms with van der Waals surface area (Å²) in [5.41, 5.74) is 0. The maximum absolute atomic E-state index is 11.7. The van der Waals surface area contributed by atoms with E-state index in [1.807, 2.05) is 0 Å². The standard InChI is InChI=1S/C17H28BrNO4/c18-11-8-6-4-2-1-3-5-7-9-14(20)13-16(21)19-15-10-12-23-17(15)22/h15H,1-13H2,(H,19,21)/t15-/m0/s1. The lowest BCUT2D eigenvalue weighted by Crippen LogP contribution is -2.38. The van der Waals surface area contributed by atoms with Gasteiger partial charge in [-0.25, -0.2) is 4.79 Å². The molecule has 0 aromatic heterocycles. The number of hydrogen-bond donors (Lipinski definition) is 1. The van der Waals surface area contributed by atoms with E-state index >= 15 is 0 Å². The van der Waals surface area contributed by atoms with Crippen molar-refractivity contribution in [1.29, 1.82) is 0 Å². The van der Waals surface area contributed by atoms with Gasteiger partial charge in [0, 0.05) is 18.2 Å². The summed E-state index contributed by atoms with van der Waals surface area (Å²) in [6.45, 7) is 0.341. The van der Waals surface area contributed by atoms with Gasteiger partial charge >= 0.3 is 5.97 Å². The molecule has 0 aromatic carbocycles. The Hall–Kier alpha value is -0.910. The van der Waals surface area contributed by atoms with E-state index in [1.165, 1.54) is 32.1 Å². The van der Waals surface area contributed by atoms with E-state index < -0.39 is 12.0 Å². The van der Waals surface area contributed by atoms with Crippen LogP contribution in [0, 0.1) is 0 Å². The highest BCUT2D eigenvalue weighted by Crippen LogP contribution is 2.11. The summed E-state index contributed by atoms with van der Waals surface area (Å²) < 4.78 is 4.76. The number of esters is 1. The number of unbranched alkanes of at least 4 members (excludes halogenated alkanes) is 7. The Morgan fingerprint density at radius 2 is 1.65 bits per heavy atom. The molecule has 0 aromatic rings. The molecule has 132 valence electrons. The van der Waals surface area contributed by atoms with Gasteiger partial charge in [0.2, 0.25) is 5.91 Å². The SMILES string of the molecule is O=C(CCCCCCCCCCBr)CC(=O)N[C@H]1CCOC1=O. The molecule has 1 aliphatic rings. The zero-order chi connectivity index (χ0) is 16.9. The molecule has 1 fully saturated rings. The number of carbonyl (C=O) groups excluding carboxylic acids is 3. The van der Waals surface area contributed by atoms with Gasteiger partial charge in [-0.1, -0.05) is 54.5 Å². The number of carbonyl (C=O) groups is 3. The molecule has 1 aliphatic heterocycles. The summed E-state index contributed by atoms with van der Waals surface area (Å²) in [5, 5.41) is 3.64. The highest BCUT2D eigenvalue weighted by molar-refractivity contribution is 9.09. The van der Waals surface area contributed by atoms with Crippen LogP contribution in [0.5, 0.6) is 0 Å². The van der Waals surface area contributed by atoms with Gasteiger partial charge in [-0.2, -0.15) is 0 Å². The fraction of sp³-hybridized carbons (Fsp3) is 0.824. The van der Waals surface area contributed by atoms with Crippen LogP contribution in [0.25, 0.3) is 0 Å². The molecule has 1 rings (SSSR count). The summed E-state index contributed by atoms with van der Waals surface area (Å²) >= 11 is 3.43. The van der Waals surface area contributed by atoms with Crippen molar-refractivity contribution in [2.75, 3.05) is 11.9 Å². The van der Waals surface area contributed by atoms with Gasteiger partial charge in [0.05, 0.1) is 13.0 Å². The Balaban J connectivity index is 1.95. The molecule has 0 radical (unpaired) electrons. The number of ether oxygens (including phenoxy) is 1. The molecule has 1 heterocycles. The molecule has 0 saturated carbocycles. The fourth-order valence-corrected chi connectivity index (χ4v) is 3.01. The molecule has 1 N–H and O–H groups in total. The van der Waals surface area contributed by atoms with E-state index in [2.05, 4.69) is 21.2 Å². The smallest absolute Gasteiger partial charge is 0.328 e. The van der Waals surface area contributed by atoms with Crippen molar-refractivity contribution in [1.82, 2.24) is 5.32 Å². The summed E-state index contributed by atoms with van der Waals surface area (Å²) in [6, 6.07) is -0.570. The molecule has 0 aliphatic carbocycles. The van der Waals surface area contributed by atoms with E-state index in [-0.39, 0.29) is 18.1 Å². The summed E-state index contributed by atoms with van der Waals surface area (Å²) in [5.74, 6) is -0.821. The lowest BCUT2D eigenvalue weighted by Gasteiger charge is -2.08. The Morgan fingerprint density at radius 1 is 1.04 bits per heavy atom. The highest BCUT2D eigenvalue weighted by Gasteiger charge is 2.28. The quantitative estimate of drug-likeness (QED) is 0.227. The maximum Gasteiger partial charge on any atom is 0.328 e. The number of ketones is 1. The van der Waals surface area contributed by atoms with Crippen LogP contribution >= 0.6 is 15.9 Å². The highest BCUT2D eigenvalue weighted by atomic mass is 79.9. The van der Waals surface area contributed by atoms with E-state index in [1.54, 1.807) is 0 Å². The van der Waals surface area contributed by atoms with E-state index in [9.17, 15) is 14.4 Å². The number of cyclic esters (lactones) is 1. The number of halogens is 1. The Kier molecular flexibility index (Phi) is 10.9. The van der Waals surface area contributed by atoms with Crippen molar-refractivity contribution in [3.05, 3.63) is 0 Å². The summed E-state index contributed by atoms with van der Waals surface area (Å²) in [6.07, 6.45) is 10.2. The molecule has 0 bridgehead atoms. The average molecular weight is 390 g/mol. The second kappa shape index (κ2) is 12.5. The Bertz CT molecular complexity index is 387. The van der Waals surface area contributed by atoms with Gasteiger partial charge in [0.15, 0.2) is 0 Å². The minimum absolute atomic E-state index is 0.0498. The van der Waals surface area contributed by atoms with Gasteiger partial charge in [-0.15, -0.1) is 0 Å². The molecular formula is C17H28BrNO4. The van der Waals surface area contributed by atoms with Crippen LogP contribution in [0.2, 0.25) is 0 Å².